The molecule has 1 aliphatic rings. The lowest BCUT2D eigenvalue weighted by molar-refractivity contribution is -0.130. The molecule has 1 amide bonds. The average molecular weight is 213 g/mol. The van der Waals surface area contributed by atoms with Gasteiger partial charge >= 0.3 is 0 Å². The molecule has 0 saturated carbocycles. The Balaban J connectivity index is 1.97. The number of nitrogens with one attached hydrogen (secondary N) is 1. The highest BCUT2D eigenvalue weighted by Crippen LogP contribution is 2.11. The summed E-state index contributed by atoms with van der Waals surface area (Å²) in [5, 5.41) is 2.93. The molecule has 1 N–H and O–H groups in total. The highest BCUT2D eigenvalue weighted by molar-refractivity contribution is 5.80. The maximum atomic E-state index is 11.5. The van der Waals surface area contributed by atoms with Crippen LogP contribution in [-0.4, -0.2) is 25.2 Å². The van der Waals surface area contributed by atoms with Crippen LogP contribution < -0.4 is 5.32 Å². The van der Waals surface area contributed by atoms with Crippen LogP contribution in [-0.2, 0) is 9.53 Å². The second-order valence-electron chi connectivity index (χ2n) is 4.68. The van der Waals surface area contributed by atoms with Crippen molar-refractivity contribution in [2.45, 2.75) is 52.1 Å². The van der Waals surface area contributed by atoms with E-state index in [2.05, 4.69) is 19.2 Å². The van der Waals surface area contributed by atoms with E-state index in [1.165, 1.54) is 12.8 Å². The van der Waals surface area contributed by atoms with Crippen LogP contribution in [0.25, 0.3) is 0 Å². The number of rotatable bonds is 6. The zero-order valence-electron chi connectivity index (χ0n) is 9.92. The molecule has 3 nitrogen and oxygen atoms in total. The summed E-state index contributed by atoms with van der Waals surface area (Å²) in [4.78, 5) is 11.5. The SMILES string of the molecule is CC(C)CCCCNC(=O)C1CCCO1. The molecule has 88 valence electrons. The minimum Gasteiger partial charge on any atom is -0.368 e. The van der Waals surface area contributed by atoms with Gasteiger partial charge in [-0.1, -0.05) is 26.7 Å². The maximum Gasteiger partial charge on any atom is 0.249 e. The molecule has 1 aliphatic heterocycles. The number of carbonyl (C=O) groups is 1. The van der Waals surface area contributed by atoms with Crippen molar-refractivity contribution in [3.8, 4) is 0 Å². The molecule has 1 heterocycles. The Morgan fingerprint density at radius 2 is 2.27 bits per heavy atom. The smallest absolute Gasteiger partial charge is 0.249 e. The van der Waals surface area contributed by atoms with Gasteiger partial charge in [-0.05, 0) is 25.2 Å². The van der Waals surface area contributed by atoms with Gasteiger partial charge in [0, 0.05) is 13.2 Å². The van der Waals surface area contributed by atoms with Crippen LogP contribution >= 0.6 is 0 Å². The van der Waals surface area contributed by atoms with E-state index in [1.54, 1.807) is 0 Å². The van der Waals surface area contributed by atoms with Gasteiger partial charge in [-0.15, -0.1) is 0 Å². The zero-order valence-corrected chi connectivity index (χ0v) is 9.92. The molecule has 0 aliphatic carbocycles. The number of carbonyl (C=O) groups excluding carboxylic acids is 1. The Morgan fingerprint density at radius 1 is 1.47 bits per heavy atom. The highest BCUT2D eigenvalue weighted by Gasteiger charge is 2.22. The van der Waals surface area contributed by atoms with Gasteiger partial charge in [0.25, 0.3) is 0 Å². The van der Waals surface area contributed by atoms with Crippen molar-refractivity contribution in [3.63, 3.8) is 0 Å². The monoisotopic (exact) mass is 213 g/mol. The summed E-state index contributed by atoms with van der Waals surface area (Å²) in [6.07, 6.45) is 5.26. The van der Waals surface area contributed by atoms with Crippen LogP contribution in [0.4, 0.5) is 0 Å². The normalized spacial score (nSPS) is 20.9. The first-order valence-electron chi connectivity index (χ1n) is 6.09. The third kappa shape index (κ3) is 5.17. The fourth-order valence-corrected chi connectivity index (χ4v) is 1.79. The summed E-state index contributed by atoms with van der Waals surface area (Å²) in [7, 11) is 0. The summed E-state index contributed by atoms with van der Waals surface area (Å²) in [6.45, 7) is 5.99. The zero-order chi connectivity index (χ0) is 11.1. The lowest BCUT2D eigenvalue weighted by Gasteiger charge is -2.10. The summed E-state index contributed by atoms with van der Waals surface area (Å²) in [5.41, 5.74) is 0. The van der Waals surface area contributed by atoms with Crippen LogP contribution in [0.5, 0.6) is 0 Å². The average Bonchev–Trinajstić information content (AvgIpc) is 2.69. The minimum atomic E-state index is -0.171. The number of hydrogen-bond acceptors (Lipinski definition) is 2. The quantitative estimate of drug-likeness (QED) is 0.686. The first-order valence-corrected chi connectivity index (χ1v) is 6.09. The molecule has 1 rings (SSSR count). The van der Waals surface area contributed by atoms with Gasteiger partial charge in [-0.2, -0.15) is 0 Å². The topological polar surface area (TPSA) is 38.3 Å². The second kappa shape index (κ2) is 6.83. The first kappa shape index (κ1) is 12.5. The molecule has 0 aromatic heterocycles. The van der Waals surface area contributed by atoms with Crippen molar-refractivity contribution >= 4 is 5.91 Å². The molecule has 0 aromatic rings. The molecule has 1 fully saturated rings. The molecule has 3 heteroatoms. The van der Waals surface area contributed by atoms with E-state index < -0.39 is 0 Å². The predicted octanol–water partition coefficient (Wildman–Crippen LogP) is 2.11. The van der Waals surface area contributed by atoms with Crippen LogP contribution in [0.2, 0.25) is 0 Å². The van der Waals surface area contributed by atoms with Gasteiger partial charge in [0.2, 0.25) is 5.91 Å². The van der Waals surface area contributed by atoms with Gasteiger partial charge in [-0.25, -0.2) is 0 Å². The van der Waals surface area contributed by atoms with E-state index in [0.717, 1.165) is 38.3 Å². The molecular formula is C12H23NO2. The van der Waals surface area contributed by atoms with Gasteiger partial charge in [-0.3, -0.25) is 4.79 Å². The predicted molar refractivity (Wildman–Crippen MR) is 60.7 cm³/mol. The lowest BCUT2D eigenvalue weighted by Crippen LogP contribution is -2.34. The Morgan fingerprint density at radius 3 is 2.87 bits per heavy atom. The van der Waals surface area contributed by atoms with Crippen molar-refractivity contribution in [2.24, 2.45) is 5.92 Å². The van der Waals surface area contributed by atoms with Gasteiger partial charge in [0.05, 0.1) is 0 Å². The lowest BCUT2D eigenvalue weighted by atomic mass is 10.1. The van der Waals surface area contributed by atoms with E-state index in [1.807, 2.05) is 0 Å². The Hall–Kier alpha value is -0.570. The number of unbranched alkanes of at least 4 members (excludes halogenated alkanes) is 1. The maximum absolute atomic E-state index is 11.5. The van der Waals surface area contributed by atoms with Crippen LogP contribution in [0.3, 0.4) is 0 Å². The minimum absolute atomic E-state index is 0.0806. The number of amides is 1. The molecule has 0 radical (unpaired) electrons. The Bertz CT molecular complexity index is 186. The van der Waals surface area contributed by atoms with Gasteiger partial charge in [0.15, 0.2) is 0 Å². The molecular weight excluding hydrogens is 190 g/mol. The summed E-state index contributed by atoms with van der Waals surface area (Å²) in [6, 6.07) is 0. The molecule has 15 heavy (non-hydrogen) atoms. The number of ether oxygens (including phenoxy) is 1. The molecule has 1 saturated heterocycles. The Labute approximate surface area is 92.6 Å². The van der Waals surface area contributed by atoms with Crippen LogP contribution in [0, 0.1) is 5.92 Å². The standard InChI is InChI=1S/C12H23NO2/c1-10(2)6-3-4-8-13-12(14)11-7-5-9-15-11/h10-11H,3-9H2,1-2H3,(H,13,14). The van der Waals surface area contributed by atoms with Gasteiger partial charge < -0.3 is 10.1 Å². The van der Waals surface area contributed by atoms with Crippen LogP contribution in [0.15, 0.2) is 0 Å². The summed E-state index contributed by atoms with van der Waals surface area (Å²) < 4.78 is 5.30. The molecule has 0 bridgehead atoms. The van der Waals surface area contributed by atoms with Crippen molar-refractivity contribution < 1.29 is 9.53 Å². The highest BCUT2D eigenvalue weighted by atomic mass is 16.5. The van der Waals surface area contributed by atoms with E-state index in [4.69, 9.17) is 4.74 Å². The van der Waals surface area contributed by atoms with Gasteiger partial charge in [0.1, 0.15) is 6.10 Å². The largest absolute Gasteiger partial charge is 0.368 e. The third-order valence-electron chi connectivity index (χ3n) is 2.73. The van der Waals surface area contributed by atoms with E-state index >= 15 is 0 Å². The molecule has 1 atom stereocenters. The molecule has 0 spiro atoms. The fraction of sp³-hybridized carbons (Fsp3) is 0.917. The van der Waals surface area contributed by atoms with Crippen molar-refractivity contribution in [1.29, 1.82) is 0 Å². The van der Waals surface area contributed by atoms with E-state index in [9.17, 15) is 4.79 Å². The van der Waals surface area contributed by atoms with E-state index in [0.29, 0.717) is 0 Å². The van der Waals surface area contributed by atoms with Crippen molar-refractivity contribution in [3.05, 3.63) is 0 Å². The van der Waals surface area contributed by atoms with E-state index in [-0.39, 0.29) is 12.0 Å². The number of hydrogen-bond donors (Lipinski definition) is 1. The molecule has 1 unspecified atom stereocenters. The van der Waals surface area contributed by atoms with Crippen molar-refractivity contribution in [1.82, 2.24) is 5.32 Å². The van der Waals surface area contributed by atoms with Crippen LogP contribution in [0.1, 0.15) is 46.0 Å². The molecule has 0 aromatic carbocycles. The summed E-state index contributed by atoms with van der Waals surface area (Å²) >= 11 is 0. The third-order valence-corrected chi connectivity index (χ3v) is 2.73. The fourth-order valence-electron chi connectivity index (χ4n) is 1.79. The Kier molecular flexibility index (Phi) is 5.69. The summed E-state index contributed by atoms with van der Waals surface area (Å²) in [5.74, 6) is 0.843. The van der Waals surface area contributed by atoms with Crippen molar-refractivity contribution in [2.75, 3.05) is 13.2 Å². The second-order valence-corrected chi connectivity index (χ2v) is 4.68. The first-order chi connectivity index (χ1) is 7.20.